The first-order chi connectivity index (χ1) is 8.53. The lowest BCUT2D eigenvalue weighted by molar-refractivity contribution is 0.601. The maximum absolute atomic E-state index is 12.2. The molecule has 0 atom stereocenters. The highest BCUT2D eigenvalue weighted by molar-refractivity contribution is 7.92. The molecule has 0 spiro atoms. The molecule has 0 bridgehead atoms. The van der Waals surface area contributed by atoms with Crippen LogP contribution in [-0.2, 0) is 16.6 Å². The second kappa shape index (κ2) is 5.27. The van der Waals surface area contributed by atoms with Crippen LogP contribution in [-0.4, -0.2) is 8.42 Å². The maximum Gasteiger partial charge on any atom is 0.263 e. The van der Waals surface area contributed by atoms with Gasteiger partial charge in [0, 0.05) is 11.9 Å². The van der Waals surface area contributed by atoms with Gasteiger partial charge in [-0.2, -0.15) is 11.3 Å². The smallest absolute Gasteiger partial charge is 0.263 e. The molecule has 0 radical (unpaired) electrons. The Hall–Kier alpha value is -1.08. The molecule has 1 aromatic carbocycles. The minimum Gasteiger partial charge on any atom is -0.326 e. The normalized spacial score (nSPS) is 11.4. The summed E-state index contributed by atoms with van der Waals surface area (Å²) in [7, 11) is -3.68. The van der Waals surface area contributed by atoms with Crippen molar-refractivity contribution < 1.29 is 8.42 Å². The van der Waals surface area contributed by atoms with Crippen molar-refractivity contribution in [1.29, 1.82) is 0 Å². The summed E-state index contributed by atoms with van der Waals surface area (Å²) in [6, 6.07) is 6.40. The van der Waals surface area contributed by atoms with Crippen LogP contribution in [0.15, 0.2) is 39.9 Å². The van der Waals surface area contributed by atoms with Gasteiger partial charge in [-0.15, -0.1) is 0 Å². The van der Waals surface area contributed by atoms with Crippen LogP contribution in [0.1, 0.15) is 5.56 Å². The topological polar surface area (TPSA) is 72.2 Å². The molecule has 0 amide bonds. The molecule has 0 aliphatic rings. The van der Waals surface area contributed by atoms with Gasteiger partial charge < -0.3 is 5.73 Å². The van der Waals surface area contributed by atoms with E-state index in [0.29, 0.717) is 11.3 Å². The summed E-state index contributed by atoms with van der Waals surface area (Å²) in [5.74, 6) is 0. The van der Waals surface area contributed by atoms with Gasteiger partial charge in [0.1, 0.15) is 4.90 Å². The van der Waals surface area contributed by atoms with E-state index in [1.807, 2.05) is 0 Å². The monoisotopic (exact) mass is 302 g/mol. The highest BCUT2D eigenvalue weighted by Gasteiger charge is 2.18. The molecule has 7 heteroatoms. The van der Waals surface area contributed by atoms with Gasteiger partial charge in [0.2, 0.25) is 0 Å². The Kier molecular flexibility index (Phi) is 3.91. The third-order valence-corrected chi connectivity index (χ3v) is 4.84. The highest BCUT2D eigenvalue weighted by atomic mass is 35.5. The Balaban J connectivity index is 2.40. The lowest BCUT2D eigenvalue weighted by Crippen LogP contribution is -2.13. The highest BCUT2D eigenvalue weighted by Crippen LogP contribution is 2.25. The zero-order valence-electron chi connectivity index (χ0n) is 9.26. The summed E-state index contributed by atoms with van der Waals surface area (Å²) < 4.78 is 26.8. The standard InChI is InChI=1S/C11H11ClN2O2S2/c12-10-2-1-8(6-13)5-11(10)18(15,16)14-9-3-4-17-7-9/h1-5,7,14H,6,13H2. The third kappa shape index (κ3) is 2.84. The average molecular weight is 303 g/mol. The van der Waals surface area contributed by atoms with E-state index < -0.39 is 10.0 Å². The molecule has 2 rings (SSSR count). The number of sulfonamides is 1. The quantitative estimate of drug-likeness (QED) is 0.912. The van der Waals surface area contributed by atoms with E-state index in [1.54, 1.807) is 22.9 Å². The first-order valence-electron chi connectivity index (χ1n) is 5.06. The fourth-order valence-electron chi connectivity index (χ4n) is 1.41. The predicted molar refractivity (Wildman–Crippen MR) is 74.5 cm³/mol. The Bertz CT molecular complexity index is 639. The number of halogens is 1. The number of benzene rings is 1. The van der Waals surface area contributed by atoms with Crippen LogP contribution in [0.3, 0.4) is 0 Å². The molecule has 0 aliphatic carbocycles. The van der Waals surface area contributed by atoms with Crippen LogP contribution in [0.2, 0.25) is 5.02 Å². The number of thiophene rings is 1. The summed E-state index contributed by atoms with van der Waals surface area (Å²) in [6.45, 7) is 0.262. The second-order valence-electron chi connectivity index (χ2n) is 3.59. The van der Waals surface area contributed by atoms with Crippen LogP contribution < -0.4 is 10.5 Å². The van der Waals surface area contributed by atoms with Crippen molar-refractivity contribution >= 4 is 38.6 Å². The molecule has 18 heavy (non-hydrogen) atoms. The summed E-state index contributed by atoms with van der Waals surface area (Å²) in [6.07, 6.45) is 0. The van der Waals surface area contributed by atoms with Crippen LogP contribution in [0.25, 0.3) is 0 Å². The number of hydrogen-bond donors (Lipinski definition) is 2. The lowest BCUT2D eigenvalue weighted by Gasteiger charge is -2.09. The Labute approximate surface area is 114 Å². The SMILES string of the molecule is NCc1ccc(Cl)c(S(=O)(=O)Nc2ccsc2)c1. The van der Waals surface area contributed by atoms with E-state index >= 15 is 0 Å². The van der Waals surface area contributed by atoms with E-state index in [0.717, 1.165) is 0 Å². The van der Waals surface area contributed by atoms with Crippen LogP contribution in [0.4, 0.5) is 5.69 Å². The largest absolute Gasteiger partial charge is 0.326 e. The molecule has 2 aromatic rings. The zero-order chi connectivity index (χ0) is 13.2. The summed E-state index contributed by atoms with van der Waals surface area (Å²) in [5, 5.41) is 3.67. The molecule has 96 valence electrons. The summed E-state index contributed by atoms with van der Waals surface area (Å²) in [4.78, 5) is 0.0401. The van der Waals surface area contributed by atoms with Crippen molar-refractivity contribution in [2.75, 3.05) is 4.72 Å². The minimum absolute atomic E-state index is 0.0401. The van der Waals surface area contributed by atoms with Crippen LogP contribution in [0.5, 0.6) is 0 Å². The van der Waals surface area contributed by atoms with Gasteiger partial charge in [0.25, 0.3) is 10.0 Å². The van der Waals surface area contributed by atoms with Gasteiger partial charge >= 0.3 is 0 Å². The van der Waals surface area contributed by atoms with Gasteiger partial charge in [0.05, 0.1) is 10.7 Å². The molecule has 3 N–H and O–H groups in total. The van der Waals surface area contributed by atoms with Gasteiger partial charge in [-0.1, -0.05) is 17.7 Å². The molecular formula is C11H11ClN2O2S2. The van der Waals surface area contributed by atoms with Crippen molar-refractivity contribution in [2.24, 2.45) is 5.73 Å². The molecular weight excluding hydrogens is 292 g/mol. The number of anilines is 1. The first kappa shape index (κ1) is 13.4. The minimum atomic E-state index is -3.68. The molecule has 0 unspecified atom stereocenters. The fraction of sp³-hybridized carbons (Fsp3) is 0.0909. The molecule has 0 aliphatic heterocycles. The molecule has 0 fully saturated rings. The lowest BCUT2D eigenvalue weighted by atomic mass is 10.2. The van der Waals surface area contributed by atoms with Gasteiger partial charge in [-0.25, -0.2) is 8.42 Å². The van der Waals surface area contributed by atoms with E-state index in [2.05, 4.69) is 4.72 Å². The van der Waals surface area contributed by atoms with Crippen molar-refractivity contribution in [3.8, 4) is 0 Å². The first-order valence-corrected chi connectivity index (χ1v) is 7.87. The Morgan fingerprint density at radius 3 is 2.72 bits per heavy atom. The number of rotatable bonds is 4. The number of nitrogens with one attached hydrogen (secondary N) is 1. The van der Waals surface area contributed by atoms with E-state index in [4.69, 9.17) is 17.3 Å². The molecule has 0 saturated heterocycles. The van der Waals surface area contributed by atoms with Crippen molar-refractivity contribution in [2.45, 2.75) is 11.4 Å². The Morgan fingerprint density at radius 1 is 1.33 bits per heavy atom. The molecule has 0 saturated carbocycles. The molecule has 1 heterocycles. The molecule has 4 nitrogen and oxygen atoms in total. The second-order valence-corrected chi connectivity index (χ2v) is 6.42. The number of nitrogens with two attached hydrogens (primary N) is 1. The zero-order valence-corrected chi connectivity index (χ0v) is 11.6. The van der Waals surface area contributed by atoms with Crippen LogP contribution in [0, 0.1) is 0 Å². The van der Waals surface area contributed by atoms with Crippen molar-refractivity contribution in [1.82, 2.24) is 0 Å². The maximum atomic E-state index is 12.2. The van der Waals surface area contributed by atoms with Crippen LogP contribution >= 0.6 is 22.9 Å². The van der Waals surface area contributed by atoms with Crippen molar-refractivity contribution in [3.05, 3.63) is 45.6 Å². The summed E-state index contributed by atoms with van der Waals surface area (Å²) in [5.41, 5.74) is 6.73. The average Bonchev–Trinajstić information content (AvgIpc) is 2.81. The molecule has 1 aromatic heterocycles. The number of hydrogen-bond acceptors (Lipinski definition) is 4. The van der Waals surface area contributed by atoms with Gasteiger partial charge in [-0.05, 0) is 29.1 Å². The predicted octanol–water partition coefficient (Wildman–Crippen LogP) is 2.66. The Morgan fingerprint density at radius 2 is 2.11 bits per heavy atom. The van der Waals surface area contributed by atoms with Crippen molar-refractivity contribution in [3.63, 3.8) is 0 Å². The van der Waals surface area contributed by atoms with Gasteiger partial charge in [0.15, 0.2) is 0 Å². The van der Waals surface area contributed by atoms with E-state index in [1.165, 1.54) is 23.5 Å². The fourth-order valence-corrected chi connectivity index (χ4v) is 3.68. The van der Waals surface area contributed by atoms with Gasteiger partial charge in [-0.3, -0.25) is 4.72 Å². The third-order valence-electron chi connectivity index (χ3n) is 2.29. The van der Waals surface area contributed by atoms with E-state index in [9.17, 15) is 8.42 Å². The summed E-state index contributed by atoms with van der Waals surface area (Å²) >= 11 is 7.33. The van der Waals surface area contributed by atoms with E-state index in [-0.39, 0.29) is 16.5 Å².